The summed E-state index contributed by atoms with van der Waals surface area (Å²) in [4.78, 5) is 21.9. The van der Waals surface area contributed by atoms with E-state index in [-0.39, 0.29) is 29.3 Å². The van der Waals surface area contributed by atoms with Crippen LogP contribution < -0.4 is 11.1 Å². The molecule has 0 saturated carbocycles. The van der Waals surface area contributed by atoms with E-state index in [0.29, 0.717) is 12.3 Å². The zero-order valence-corrected chi connectivity index (χ0v) is 10.6. The molecule has 2 atom stereocenters. The van der Waals surface area contributed by atoms with Gasteiger partial charge in [0.1, 0.15) is 5.02 Å². The predicted octanol–water partition coefficient (Wildman–Crippen LogP) is 1.16. The fourth-order valence-electron chi connectivity index (χ4n) is 1.81. The molecule has 2 rings (SSSR count). The molecule has 1 heterocycles. The van der Waals surface area contributed by atoms with Crippen molar-refractivity contribution in [2.45, 2.75) is 6.04 Å². The normalized spacial score (nSPS) is 22.2. The summed E-state index contributed by atoms with van der Waals surface area (Å²) in [6.45, 7) is 0.618. The minimum Gasteiger partial charge on any atom is -0.379 e. The van der Waals surface area contributed by atoms with Crippen LogP contribution >= 0.6 is 11.6 Å². The van der Waals surface area contributed by atoms with Gasteiger partial charge in [-0.05, 0) is 12.1 Å². The van der Waals surface area contributed by atoms with Crippen LogP contribution in [0.4, 0.5) is 11.4 Å². The van der Waals surface area contributed by atoms with E-state index in [4.69, 9.17) is 22.1 Å². The summed E-state index contributed by atoms with van der Waals surface area (Å²) >= 11 is 5.75. The summed E-state index contributed by atoms with van der Waals surface area (Å²) in [6.07, 6.45) is 0. The molecule has 8 heteroatoms. The molecule has 0 radical (unpaired) electrons. The first-order chi connectivity index (χ1) is 8.99. The van der Waals surface area contributed by atoms with Crippen molar-refractivity contribution in [3.8, 4) is 0 Å². The number of carbonyl (C=O) groups excluding carboxylic acids is 1. The second-order valence-corrected chi connectivity index (χ2v) is 4.63. The molecule has 1 amide bonds. The van der Waals surface area contributed by atoms with Crippen LogP contribution in [0.2, 0.25) is 5.02 Å². The maximum absolute atomic E-state index is 11.9. The summed E-state index contributed by atoms with van der Waals surface area (Å²) in [5, 5.41) is 13.2. The summed E-state index contributed by atoms with van der Waals surface area (Å²) in [6, 6.07) is 3.65. The molecule has 1 aliphatic rings. The first-order valence-corrected chi connectivity index (χ1v) is 5.95. The monoisotopic (exact) mass is 285 g/mol. The Morgan fingerprint density at radius 3 is 2.79 bits per heavy atom. The SMILES string of the molecule is NC1COCC1C(=O)Nc1ccc([N+](=O)[O-])c(Cl)c1. The van der Waals surface area contributed by atoms with Gasteiger partial charge in [0.05, 0.1) is 24.1 Å². The quantitative estimate of drug-likeness (QED) is 0.640. The number of amides is 1. The lowest BCUT2D eigenvalue weighted by Crippen LogP contribution is -2.37. The van der Waals surface area contributed by atoms with Crippen molar-refractivity contribution in [3.05, 3.63) is 33.3 Å². The van der Waals surface area contributed by atoms with Gasteiger partial charge in [-0.15, -0.1) is 0 Å². The second-order valence-electron chi connectivity index (χ2n) is 4.22. The van der Waals surface area contributed by atoms with Gasteiger partial charge in [0.25, 0.3) is 5.69 Å². The van der Waals surface area contributed by atoms with Gasteiger partial charge >= 0.3 is 0 Å². The number of halogens is 1. The third-order valence-corrected chi connectivity index (χ3v) is 3.18. The maximum Gasteiger partial charge on any atom is 0.288 e. The number of nitro groups is 1. The molecular formula is C11H12ClN3O4. The Morgan fingerprint density at radius 1 is 1.53 bits per heavy atom. The topological polar surface area (TPSA) is 107 Å². The van der Waals surface area contributed by atoms with Gasteiger partial charge in [-0.1, -0.05) is 11.6 Å². The van der Waals surface area contributed by atoms with Gasteiger partial charge in [-0.2, -0.15) is 0 Å². The molecule has 0 aromatic heterocycles. The maximum atomic E-state index is 11.9. The molecule has 0 aliphatic carbocycles. The van der Waals surface area contributed by atoms with Crippen LogP contribution in [0.15, 0.2) is 18.2 Å². The number of nitrogens with zero attached hydrogens (tertiary/aromatic N) is 1. The average Bonchev–Trinajstić information content (AvgIpc) is 2.75. The number of benzene rings is 1. The molecule has 19 heavy (non-hydrogen) atoms. The van der Waals surface area contributed by atoms with Gasteiger partial charge in [0.15, 0.2) is 0 Å². The molecule has 7 nitrogen and oxygen atoms in total. The summed E-state index contributed by atoms with van der Waals surface area (Å²) < 4.78 is 5.10. The van der Waals surface area contributed by atoms with Gasteiger partial charge in [-0.25, -0.2) is 0 Å². The van der Waals surface area contributed by atoms with E-state index in [1.165, 1.54) is 18.2 Å². The van der Waals surface area contributed by atoms with E-state index in [9.17, 15) is 14.9 Å². The Kier molecular flexibility index (Phi) is 3.98. The van der Waals surface area contributed by atoms with Crippen LogP contribution in [-0.4, -0.2) is 30.1 Å². The van der Waals surface area contributed by atoms with E-state index in [0.717, 1.165) is 0 Å². The van der Waals surface area contributed by atoms with Crippen LogP contribution in [0.5, 0.6) is 0 Å². The number of hydrogen-bond acceptors (Lipinski definition) is 5. The van der Waals surface area contributed by atoms with Crippen LogP contribution in [0.25, 0.3) is 0 Å². The number of anilines is 1. The van der Waals surface area contributed by atoms with Crippen LogP contribution in [0.1, 0.15) is 0 Å². The van der Waals surface area contributed by atoms with Crippen LogP contribution in [0, 0.1) is 16.0 Å². The lowest BCUT2D eigenvalue weighted by molar-refractivity contribution is -0.384. The fourth-order valence-corrected chi connectivity index (χ4v) is 2.06. The molecule has 3 N–H and O–H groups in total. The molecule has 2 unspecified atom stereocenters. The third-order valence-electron chi connectivity index (χ3n) is 2.87. The van der Waals surface area contributed by atoms with Crippen molar-refractivity contribution in [1.82, 2.24) is 0 Å². The largest absolute Gasteiger partial charge is 0.379 e. The lowest BCUT2D eigenvalue weighted by atomic mass is 10.0. The molecule has 1 saturated heterocycles. The Hall–Kier alpha value is -1.70. The molecule has 102 valence electrons. The van der Waals surface area contributed by atoms with Crippen molar-refractivity contribution >= 4 is 28.9 Å². The molecule has 1 fully saturated rings. The Balaban J connectivity index is 2.09. The molecular weight excluding hydrogens is 274 g/mol. The minimum absolute atomic E-state index is 0.0326. The highest BCUT2D eigenvalue weighted by Gasteiger charge is 2.31. The Bertz CT molecular complexity index is 523. The molecule has 1 aromatic rings. The van der Waals surface area contributed by atoms with Gasteiger partial charge in [0, 0.05) is 17.8 Å². The highest BCUT2D eigenvalue weighted by molar-refractivity contribution is 6.33. The number of nitrogens with one attached hydrogen (secondary N) is 1. The van der Waals surface area contributed by atoms with E-state index in [1.54, 1.807) is 0 Å². The number of nitro benzene ring substituents is 1. The number of rotatable bonds is 3. The van der Waals surface area contributed by atoms with Crippen molar-refractivity contribution in [2.75, 3.05) is 18.5 Å². The van der Waals surface area contributed by atoms with Gasteiger partial charge in [-0.3, -0.25) is 14.9 Å². The first kappa shape index (κ1) is 13.7. The van der Waals surface area contributed by atoms with Crippen molar-refractivity contribution in [3.63, 3.8) is 0 Å². The summed E-state index contributed by atoms with van der Waals surface area (Å²) in [5.41, 5.74) is 5.91. The number of nitrogens with two attached hydrogens (primary N) is 1. The molecule has 0 spiro atoms. The number of ether oxygens (including phenoxy) is 1. The number of hydrogen-bond donors (Lipinski definition) is 2. The highest BCUT2D eigenvalue weighted by atomic mass is 35.5. The van der Waals surface area contributed by atoms with Crippen LogP contribution in [-0.2, 0) is 9.53 Å². The second kappa shape index (κ2) is 5.52. The van der Waals surface area contributed by atoms with E-state index >= 15 is 0 Å². The van der Waals surface area contributed by atoms with Crippen LogP contribution in [0.3, 0.4) is 0 Å². The number of carbonyl (C=O) groups is 1. The predicted molar refractivity (Wildman–Crippen MR) is 69.0 cm³/mol. The third kappa shape index (κ3) is 3.01. The first-order valence-electron chi connectivity index (χ1n) is 5.57. The molecule has 1 aromatic carbocycles. The van der Waals surface area contributed by atoms with Gasteiger partial charge in [0.2, 0.25) is 5.91 Å². The molecule has 1 aliphatic heterocycles. The van der Waals surface area contributed by atoms with Crippen molar-refractivity contribution < 1.29 is 14.5 Å². The smallest absolute Gasteiger partial charge is 0.288 e. The minimum atomic E-state index is -0.589. The zero-order valence-electron chi connectivity index (χ0n) is 9.84. The Morgan fingerprint density at radius 2 is 2.26 bits per heavy atom. The average molecular weight is 286 g/mol. The standard InChI is InChI=1S/C11H12ClN3O4/c12-8-3-6(1-2-10(8)15(17)18)14-11(16)7-4-19-5-9(7)13/h1-3,7,9H,4-5,13H2,(H,14,16). The molecule has 0 bridgehead atoms. The highest BCUT2D eigenvalue weighted by Crippen LogP contribution is 2.27. The zero-order chi connectivity index (χ0) is 14.0. The van der Waals surface area contributed by atoms with Crippen molar-refractivity contribution in [2.24, 2.45) is 11.7 Å². The van der Waals surface area contributed by atoms with E-state index in [2.05, 4.69) is 5.32 Å². The lowest BCUT2D eigenvalue weighted by Gasteiger charge is -2.13. The summed E-state index contributed by atoms with van der Waals surface area (Å²) in [7, 11) is 0. The van der Waals surface area contributed by atoms with E-state index < -0.39 is 10.8 Å². The van der Waals surface area contributed by atoms with E-state index in [1.807, 2.05) is 0 Å². The fraction of sp³-hybridized carbons (Fsp3) is 0.364. The van der Waals surface area contributed by atoms with Crippen molar-refractivity contribution in [1.29, 1.82) is 0 Å². The Labute approximate surface area is 113 Å². The summed E-state index contributed by atoms with van der Waals surface area (Å²) in [5.74, 6) is -0.705. The van der Waals surface area contributed by atoms with Gasteiger partial charge < -0.3 is 15.8 Å².